The maximum atomic E-state index is 11.7. The molecule has 0 radical (unpaired) electrons. The van der Waals surface area contributed by atoms with Gasteiger partial charge < -0.3 is 16.3 Å². The minimum absolute atomic E-state index is 0.0730. The Morgan fingerprint density at radius 2 is 2.38 bits per heavy atom. The molecule has 4 N–H and O–H groups in total. The minimum atomic E-state index is -0.518. The van der Waals surface area contributed by atoms with E-state index in [0.717, 1.165) is 17.9 Å². The summed E-state index contributed by atoms with van der Waals surface area (Å²) in [6, 6.07) is 0. The molecule has 0 saturated carbocycles. The van der Waals surface area contributed by atoms with E-state index < -0.39 is 5.41 Å². The second-order valence-electron chi connectivity index (χ2n) is 4.65. The maximum Gasteiger partial charge on any atom is 0.224 e. The van der Waals surface area contributed by atoms with Crippen LogP contribution in [-0.2, 0) is 4.79 Å². The zero-order chi connectivity index (χ0) is 12.2. The predicted molar refractivity (Wildman–Crippen MR) is 65.6 cm³/mol. The monoisotopic (exact) mass is 245 g/mol. The van der Waals surface area contributed by atoms with Gasteiger partial charge in [0, 0.05) is 23.6 Å². The molecule has 1 aliphatic heterocycles. The van der Waals surface area contributed by atoms with Gasteiger partial charge in [-0.15, -0.1) is 0 Å². The number of thioether (sulfide) groups is 1. The van der Waals surface area contributed by atoms with E-state index in [9.17, 15) is 4.79 Å². The van der Waals surface area contributed by atoms with Crippen LogP contribution in [0.1, 0.15) is 20.3 Å². The first kappa shape index (κ1) is 13.2. The van der Waals surface area contributed by atoms with Gasteiger partial charge in [0.1, 0.15) is 5.84 Å². The van der Waals surface area contributed by atoms with Gasteiger partial charge in [-0.2, -0.15) is 11.8 Å². The van der Waals surface area contributed by atoms with Crippen LogP contribution in [0.3, 0.4) is 0 Å². The molecule has 0 aromatic rings. The Morgan fingerprint density at radius 1 is 1.69 bits per heavy atom. The molecule has 0 aromatic heterocycles. The van der Waals surface area contributed by atoms with Crippen LogP contribution in [0.25, 0.3) is 0 Å². The fourth-order valence-corrected chi connectivity index (χ4v) is 2.64. The summed E-state index contributed by atoms with van der Waals surface area (Å²) in [7, 11) is 0. The molecule has 0 aliphatic carbocycles. The van der Waals surface area contributed by atoms with Crippen LogP contribution < -0.4 is 11.1 Å². The number of nitrogens with zero attached hydrogens (tertiary/aromatic N) is 1. The average Bonchev–Trinajstić information content (AvgIpc) is 2.78. The van der Waals surface area contributed by atoms with Crippen molar-refractivity contribution in [3.05, 3.63) is 0 Å². The molecule has 0 bridgehead atoms. The summed E-state index contributed by atoms with van der Waals surface area (Å²) in [5.41, 5.74) is 5.02. The first-order valence-corrected chi connectivity index (χ1v) is 6.46. The summed E-state index contributed by atoms with van der Waals surface area (Å²) >= 11 is 1.81. The molecule has 1 aliphatic rings. The summed E-state index contributed by atoms with van der Waals surface area (Å²) < 4.78 is 0. The standard InChI is InChI=1S/C10H19N3O2S/c1-10(2,9(11)13-15)6-12-8(14)7-3-4-16-5-7/h7,15H,3-6H2,1-2H3,(H2,11,13)(H,12,14). The number of amidine groups is 1. The van der Waals surface area contributed by atoms with Gasteiger partial charge in [-0.1, -0.05) is 19.0 Å². The number of carbonyl (C=O) groups is 1. The van der Waals surface area contributed by atoms with Gasteiger partial charge >= 0.3 is 0 Å². The van der Waals surface area contributed by atoms with Gasteiger partial charge in [-0.05, 0) is 12.2 Å². The highest BCUT2D eigenvalue weighted by molar-refractivity contribution is 7.99. The highest BCUT2D eigenvalue weighted by Crippen LogP contribution is 2.23. The first-order valence-electron chi connectivity index (χ1n) is 5.31. The highest BCUT2D eigenvalue weighted by Gasteiger charge is 2.27. The van der Waals surface area contributed by atoms with Crippen molar-refractivity contribution in [1.82, 2.24) is 5.32 Å². The smallest absolute Gasteiger partial charge is 0.224 e. The number of nitrogens with one attached hydrogen (secondary N) is 1. The van der Waals surface area contributed by atoms with Crippen molar-refractivity contribution in [2.45, 2.75) is 20.3 Å². The second kappa shape index (κ2) is 5.43. The molecule has 0 spiro atoms. The fourth-order valence-electron chi connectivity index (χ4n) is 1.42. The summed E-state index contributed by atoms with van der Waals surface area (Å²) in [5.74, 6) is 2.28. The molecule has 1 saturated heterocycles. The van der Waals surface area contributed by atoms with E-state index in [-0.39, 0.29) is 17.7 Å². The molecular formula is C10H19N3O2S. The molecule has 1 heterocycles. The largest absolute Gasteiger partial charge is 0.409 e. The summed E-state index contributed by atoms with van der Waals surface area (Å²) in [4.78, 5) is 11.7. The van der Waals surface area contributed by atoms with Crippen LogP contribution in [-0.4, -0.2) is 35.0 Å². The van der Waals surface area contributed by atoms with Crippen LogP contribution in [0.2, 0.25) is 0 Å². The molecule has 5 nitrogen and oxygen atoms in total. The maximum absolute atomic E-state index is 11.7. The summed E-state index contributed by atoms with van der Waals surface area (Å²) in [6.45, 7) is 4.04. The van der Waals surface area contributed by atoms with Crippen LogP contribution in [0.5, 0.6) is 0 Å². The summed E-state index contributed by atoms with van der Waals surface area (Å²) in [6.07, 6.45) is 0.945. The van der Waals surface area contributed by atoms with E-state index >= 15 is 0 Å². The number of rotatable bonds is 4. The highest BCUT2D eigenvalue weighted by atomic mass is 32.2. The van der Waals surface area contributed by atoms with E-state index in [1.165, 1.54) is 0 Å². The second-order valence-corrected chi connectivity index (χ2v) is 5.80. The van der Waals surface area contributed by atoms with Gasteiger partial charge in [-0.25, -0.2) is 0 Å². The number of nitrogens with two attached hydrogens (primary N) is 1. The quantitative estimate of drug-likeness (QED) is 0.293. The van der Waals surface area contributed by atoms with Crippen molar-refractivity contribution in [1.29, 1.82) is 0 Å². The number of amides is 1. The van der Waals surface area contributed by atoms with Crippen LogP contribution in [0, 0.1) is 11.3 Å². The normalized spacial score (nSPS) is 22.1. The molecule has 1 unspecified atom stereocenters. The summed E-state index contributed by atoms with van der Waals surface area (Å²) in [5, 5.41) is 14.4. The zero-order valence-electron chi connectivity index (χ0n) is 9.69. The molecule has 1 amide bonds. The predicted octanol–water partition coefficient (Wildman–Crippen LogP) is 0.628. The molecule has 6 heteroatoms. The zero-order valence-corrected chi connectivity index (χ0v) is 10.5. The Kier molecular flexibility index (Phi) is 4.46. The van der Waals surface area contributed by atoms with Gasteiger partial charge in [-0.3, -0.25) is 4.79 Å². The van der Waals surface area contributed by atoms with E-state index in [1.54, 1.807) is 11.8 Å². The third-order valence-corrected chi connectivity index (χ3v) is 3.97. The third-order valence-electron chi connectivity index (χ3n) is 2.81. The molecule has 0 aromatic carbocycles. The van der Waals surface area contributed by atoms with Gasteiger partial charge in [0.25, 0.3) is 0 Å². The van der Waals surface area contributed by atoms with E-state index in [1.807, 2.05) is 13.8 Å². The first-order chi connectivity index (χ1) is 7.47. The van der Waals surface area contributed by atoms with E-state index in [2.05, 4.69) is 10.5 Å². The molecule has 1 atom stereocenters. The van der Waals surface area contributed by atoms with Crippen LogP contribution >= 0.6 is 11.8 Å². The lowest BCUT2D eigenvalue weighted by atomic mass is 9.92. The van der Waals surface area contributed by atoms with E-state index in [4.69, 9.17) is 10.9 Å². The molecule has 92 valence electrons. The average molecular weight is 245 g/mol. The van der Waals surface area contributed by atoms with Crippen molar-refractivity contribution in [3.8, 4) is 0 Å². The Bertz CT molecular complexity index is 286. The SMILES string of the molecule is CC(C)(CNC(=O)C1CCSC1)C(N)=NO. The number of oxime groups is 1. The number of hydrogen-bond donors (Lipinski definition) is 3. The topological polar surface area (TPSA) is 87.7 Å². The molecule has 1 rings (SSSR count). The van der Waals surface area contributed by atoms with Crippen molar-refractivity contribution in [3.63, 3.8) is 0 Å². The molecule has 1 fully saturated rings. The Balaban J connectivity index is 2.41. The van der Waals surface area contributed by atoms with Gasteiger partial charge in [0.2, 0.25) is 5.91 Å². The van der Waals surface area contributed by atoms with Gasteiger partial charge in [0.15, 0.2) is 0 Å². The number of hydrogen-bond acceptors (Lipinski definition) is 4. The third kappa shape index (κ3) is 3.30. The lowest BCUT2D eigenvalue weighted by molar-refractivity contribution is -0.124. The van der Waals surface area contributed by atoms with Crippen molar-refractivity contribution in [2.75, 3.05) is 18.1 Å². The van der Waals surface area contributed by atoms with Crippen molar-refractivity contribution < 1.29 is 10.0 Å². The van der Waals surface area contributed by atoms with E-state index in [0.29, 0.717) is 6.54 Å². The van der Waals surface area contributed by atoms with Crippen LogP contribution in [0.4, 0.5) is 0 Å². The number of carbonyl (C=O) groups excluding carboxylic acids is 1. The molecule has 16 heavy (non-hydrogen) atoms. The minimum Gasteiger partial charge on any atom is -0.409 e. The van der Waals surface area contributed by atoms with Crippen molar-refractivity contribution in [2.24, 2.45) is 22.2 Å². The van der Waals surface area contributed by atoms with Gasteiger partial charge in [0.05, 0.1) is 0 Å². The Morgan fingerprint density at radius 3 is 2.88 bits per heavy atom. The Hall–Kier alpha value is -0.910. The van der Waals surface area contributed by atoms with Crippen LogP contribution in [0.15, 0.2) is 5.16 Å². The lowest BCUT2D eigenvalue weighted by Crippen LogP contribution is -2.44. The fraction of sp³-hybridized carbons (Fsp3) is 0.800. The Labute approximate surface area is 99.8 Å². The lowest BCUT2D eigenvalue weighted by Gasteiger charge is -2.23. The molecular weight excluding hydrogens is 226 g/mol. The van der Waals surface area contributed by atoms with Crippen molar-refractivity contribution >= 4 is 23.5 Å².